The Morgan fingerprint density at radius 3 is 2.94 bits per heavy atom. The number of ether oxygens (including phenoxy) is 1. The fourth-order valence-electron chi connectivity index (χ4n) is 1.56. The van der Waals surface area contributed by atoms with Crippen LogP contribution in [0, 0.1) is 0 Å². The van der Waals surface area contributed by atoms with Gasteiger partial charge in [-0.1, -0.05) is 12.1 Å². The fraction of sp³-hybridized carbons (Fsp3) is 0.167. The van der Waals surface area contributed by atoms with Gasteiger partial charge in [0, 0.05) is 24.4 Å². The van der Waals surface area contributed by atoms with Gasteiger partial charge in [0.05, 0.1) is 5.69 Å². The molecule has 0 unspecified atom stereocenters. The number of nitrogens with zero attached hydrogens (tertiary/aromatic N) is 1. The molecular formula is C12H13N3O2. The van der Waals surface area contributed by atoms with Crippen molar-refractivity contribution in [3.8, 4) is 11.3 Å². The number of methoxy groups -OCH3 is 1. The largest absolute Gasteiger partial charge is 0.399 e. The van der Waals surface area contributed by atoms with Crippen molar-refractivity contribution < 1.29 is 4.74 Å². The fourth-order valence-corrected chi connectivity index (χ4v) is 1.56. The first-order chi connectivity index (χ1) is 8.19. The van der Waals surface area contributed by atoms with Crippen LogP contribution in [0.2, 0.25) is 0 Å². The van der Waals surface area contributed by atoms with Crippen LogP contribution in [0.15, 0.2) is 35.1 Å². The quantitative estimate of drug-likeness (QED) is 0.777. The zero-order valence-electron chi connectivity index (χ0n) is 9.43. The molecule has 0 bridgehead atoms. The summed E-state index contributed by atoms with van der Waals surface area (Å²) in [5.74, 6) is 0.498. The van der Waals surface area contributed by atoms with Crippen LogP contribution in [0.3, 0.4) is 0 Å². The standard InChI is InChI=1S/C12H13N3O2/c1-17-7-11-14-10(6-12(16)15-11)8-3-2-4-9(13)5-8/h2-6H,7,13H2,1H3,(H,14,15,16). The highest BCUT2D eigenvalue weighted by Crippen LogP contribution is 2.17. The maximum absolute atomic E-state index is 11.5. The third-order valence-corrected chi connectivity index (χ3v) is 2.25. The van der Waals surface area contributed by atoms with Crippen LogP contribution in [-0.4, -0.2) is 17.1 Å². The molecule has 0 aliphatic rings. The van der Waals surface area contributed by atoms with Gasteiger partial charge in [0.25, 0.3) is 5.56 Å². The van der Waals surface area contributed by atoms with E-state index < -0.39 is 0 Å². The number of hydrogen-bond acceptors (Lipinski definition) is 4. The first kappa shape index (κ1) is 11.3. The van der Waals surface area contributed by atoms with E-state index >= 15 is 0 Å². The van der Waals surface area contributed by atoms with Gasteiger partial charge < -0.3 is 15.5 Å². The van der Waals surface area contributed by atoms with E-state index in [9.17, 15) is 4.79 Å². The summed E-state index contributed by atoms with van der Waals surface area (Å²) in [7, 11) is 1.55. The number of aromatic amines is 1. The van der Waals surface area contributed by atoms with Gasteiger partial charge in [0.2, 0.25) is 0 Å². The second-order valence-corrected chi connectivity index (χ2v) is 3.64. The van der Waals surface area contributed by atoms with Crippen molar-refractivity contribution >= 4 is 5.69 Å². The first-order valence-electron chi connectivity index (χ1n) is 5.14. The molecule has 0 amide bonds. The molecule has 5 nitrogen and oxygen atoms in total. The van der Waals surface area contributed by atoms with Crippen molar-refractivity contribution in [1.29, 1.82) is 0 Å². The van der Waals surface area contributed by atoms with E-state index in [0.717, 1.165) is 5.56 Å². The Balaban J connectivity index is 2.48. The normalized spacial score (nSPS) is 10.4. The van der Waals surface area contributed by atoms with Crippen molar-refractivity contribution in [2.75, 3.05) is 12.8 Å². The molecule has 0 fully saturated rings. The molecule has 2 rings (SSSR count). The average Bonchev–Trinajstić information content (AvgIpc) is 2.28. The summed E-state index contributed by atoms with van der Waals surface area (Å²) < 4.78 is 4.94. The maximum Gasteiger partial charge on any atom is 0.251 e. The van der Waals surface area contributed by atoms with Crippen LogP contribution >= 0.6 is 0 Å². The summed E-state index contributed by atoms with van der Waals surface area (Å²) in [4.78, 5) is 18.4. The van der Waals surface area contributed by atoms with Crippen LogP contribution in [0.1, 0.15) is 5.82 Å². The summed E-state index contributed by atoms with van der Waals surface area (Å²) in [6.07, 6.45) is 0. The highest BCUT2D eigenvalue weighted by Gasteiger charge is 2.04. The Bertz CT molecular complexity index is 578. The summed E-state index contributed by atoms with van der Waals surface area (Å²) in [6, 6.07) is 8.68. The molecule has 88 valence electrons. The van der Waals surface area contributed by atoms with Gasteiger partial charge in [-0.3, -0.25) is 4.79 Å². The molecule has 0 spiro atoms. The van der Waals surface area contributed by atoms with Crippen molar-refractivity contribution in [2.45, 2.75) is 6.61 Å². The van der Waals surface area contributed by atoms with Crippen molar-refractivity contribution in [2.24, 2.45) is 0 Å². The number of nitrogen functional groups attached to an aromatic ring is 1. The lowest BCUT2D eigenvalue weighted by Gasteiger charge is -2.04. The topological polar surface area (TPSA) is 81.0 Å². The van der Waals surface area contributed by atoms with Gasteiger partial charge in [0.1, 0.15) is 12.4 Å². The van der Waals surface area contributed by atoms with Gasteiger partial charge in [-0.05, 0) is 12.1 Å². The number of aromatic nitrogens is 2. The summed E-state index contributed by atoms with van der Waals surface area (Å²) in [6.45, 7) is 0.269. The monoisotopic (exact) mass is 231 g/mol. The molecule has 1 heterocycles. The zero-order valence-corrected chi connectivity index (χ0v) is 9.43. The first-order valence-corrected chi connectivity index (χ1v) is 5.14. The lowest BCUT2D eigenvalue weighted by molar-refractivity contribution is 0.177. The number of H-pyrrole nitrogens is 1. The van der Waals surface area contributed by atoms with E-state index in [1.807, 2.05) is 12.1 Å². The zero-order chi connectivity index (χ0) is 12.3. The molecule has 0 aliphatic heterocycles. The van der Waals surface area contributed by atoms with Crippen LogP contribution in [0.25, 0.3) is 11.3 Å². The van der Waals surface area contributed by atoms with Crippen LogP contribution in [-0.2, 0) is 11.3 Å². The van der Waals surface area contributed by atoms with Crippen LogP contribution in [0.4, 0.5) is 5.69 Å². The Labute approximate surface area is 98.3 Å². The minimum absolute atomic E-state index is 0.204. The minimum atomic E-state index is -0.204. The van der Waals surface area contributed by atoms with Gasteiger partial charge in [-0.25, -0.2) is 4.98 Å². The van der Waals surface area contributed by atoms with Gasteiger partial charge in [-0.15, -0.1) is 0 Å². The summed E-state index contributed by atoms with van der Waals surface area (Å²) in [5.41, 5.74) is 7.53. The van der Waals surface area contributed by atoms with Gasteiger partial charge >= 0.3 is 0 Å². The lowest BCUT2D eigenvalue weighted by atomic mass is 10.1. The van der Waals surface area contributed by atoms with Crippen molar-refractivity contribution in [1.82, 2.24) is 9.97 Å². The molecule has 0 saturated heterocycles. The summed E-state index contributed by atoms with van der Waals surface area (Å²) >= 11 is 0. The molecule has 17 heavy (non-hydrogen) atoms. The predicted octanol–water partition coefficient (Wildman–Crippen LogP) is 1.17. The Morgan fingerprint density at radius 1 is 1.41 bits per heavy atom. The smallest absolute Gasteiger partial charge is 0.251 e. The van der Waals surface area contributed by atoms with E-state index in [1.54, 1.807) is 19.2 Å². The van der Waals surface area contributed by atoms with E-state index in [0.29, 0.717) is 17.2 Å². The van der Waals surface area contributed by atoms with E-state index in [2.05, 4.69) is 9.97 Å². The third-order valence-electron chi connectivity index (χ3n) is 2.25. The highest BCUT2D eigenvalue weighted by molar-refractivity contribution is 5.63. The van der Waals surface area contributed by atoms with Crippen LogP contribution in [0.5, 0.6) is 0 Å². The SMILES string of the molecule is COCc1nc(-c2cccc(N)c2)cc(=O)[nH]1. The van der Waals surface area contributed by atoms with Gasteiger partial charge in [0.15, 0.2) is 0 Å². The molecule has 5 heteroatoms. The summed E-state index contributed by atoms with van der Waals surface area (Å²) in [5, 5.41) is 0. The Kier molecular flexibility index (Phi) is 3.20. The third kappa shape index (κ3) is 2.70. The number of nitrogens with one attached hydrogen (secondary N) is 1. The second kappa shape index (κ2) is 4.80. The van der Waals surface area contributed by atoms with Crippen molar-refractivity contribution in [3.05, 3.63) is 46.5 Å². The lowest BCUT2D eigenvalue weighted by Crippen LogP contribution is -2.11. The minimum Gasteiger partial charge on any atom is -0.399 e. The number of nitrogens with two attached hydrogens (primary N) is 1. The van der Waals surface area contributed by atoms with Crippen molar-refractivity contribution in [3.63, 3.8) is 0 Å². The van der Waals surface area contributed by atoms with E-state index in [4.69, 9.17) is 10.5 Å². The molecular weight excluding hydrogens is 218 g/mol. The molecule has 1 aromatic heterocycles. The van der Waals surface area contributed by atoms with E-state index in [1.165, 1.54) is 6.07 Å². The van der Waals surface area contributed by atoms with E-state index in [-0.39, 0.29) is 12.2 Å². The second-order valence-electron chi connectivity index (χ2n) is 3.64. The molecule has 0 saturated carbocycles. The van der Waals surface area contributed by atoms with Gasteiger partial charge in [-0.2, -0.15) is 0 Å². The number of anilines is 1. The van der Waals surface area contributed by atoms with Crippen LogP contribution < -0.4 is 11.3 Å². The Morgan fingerprint density at radius 2 is 2.24 bits per heavy atom. The average molecular weight is 231 g/mol. The molecule has 0 aliphatic carbocycles. The molecule has 1 aromatic carbocycles. The highest BCUT2D eigenvalue weighted by atomic mass is 16.5. The maximum atomic E-state index is 11.5. The Hall–Kier alpha value is -2.14. The molecule has 3 N–H and O–H groups in total. The number of benzene rings is 1. The number of hydrogen-bond donors (Lipinski definition) is 2. The number of rotatable bonds is 3. The molecule has 0 radical (unpaired) electrons. The predicted molar refractivity (Wildman–Crippen MR) is 65.4 cm³/mol. The molecule has 0 atom stereocenters. The molecule has 2 aromatic rings.